The molecule has 0 atom stereocenters. The minimum Gasteiger partial charge on any atom is -0.342 e. The third kappa shape index (κ3) is 3.50. The summed E-state index contributed by atoms with van der Waals surface area (Å²) < 4.78 is 0. The SMILES string of the molecule is Cc1cnc(C2CCN(C(=O)Cc3ccccc3Cl)CC2)s1. The van der Waals surface area contributed by atoms with Crippen LogP contribution in [-0.4, -0.2) is 28.9 Å². The van der Waals surface area contributed by atoms with Gasteiger partial charge in [-0.15, -0.1) is 11.3 Å². The highest BCUT2D eigenvalue weighted by atomic mass is 35.5. The van der Waals surface area contributed by atoms with E-state index in [1.165, 1.54) is 9.88 Å². The van der Waals surface area contributed by atoms with Crippen LogP contribution in [0.5, 0.6) is 0 Å². The van der Waals surface area contributed by atoms with E-state index in [4.69, 9.17) is 11.6 Å². The highest BCUT2D eigenvalue weighted by Crippen LogP contribution is 2.31. The number of likely N-dealkylation sites (tertiary alicyclic amines) is 1. The Kier molecular flexibility index (Phi) is 4.79. The first-order chi connectivity index (χ1) is 10.6. The molecule has 22 heavy (non-hydrogen) atoms. The van der Waals surface area contributed by atoms with E-state index in [2.05, 4.69) is 11.9 Å². The van der Waals surface area contributed by atoms with Crippen LogP contribution in [-0.2, 0) is 11.2 Å². The number of thiazole rings is 1. The van der Waals surface area contributed by atoms with E-state index < -0.39 is 0 Å². The van der Waals surface area contributed by atoms with Gasteiger partial charge in [-0.25, -0.2) is 4.98 Å². The summed E-state index contributed by atoms with van der Waals surface area (Å²) in [7, 11) is 0. The molecule has 1 saturated heterocycles. The molecule has 0 spiro atoms. The zero-order chi connectivity index (χ0) is 15.5. The van der Waals surface area contributed by atoms with Gasteiger partial charge in [0.05, 0.1) is 11.4 Å². The number of aromatic nitrogens is 1. The quantitative estimate of drug-likeness (QED) is 0.848. The highest BCUT2D eigenvalue weighted by molar-refractivity contribution is 7.11. The normalized spacial score (nSPS) is 16.0. The zero-order valence-electron chi connectivity index (χ0n) is 12.6. The highest BCUT2D eigenvalue weighted by Gasteiger charge is 2.25. The number of benzene rings is 1. The van der Waals surface area contributed by atoms with Crippen molar-refractivity contribution in [3.63, 3.8) is 0 Å². The Balaban J connectivity index is 1.57. The Morgan fingerprint density at radius 2 is 2.09 bits per heavy atom. The molecule has 1 aromatic carbocycles. The van der Waals surface area contributed by atoms with Crippen molar-refractivity contribution in [1.82, 2.24) is 9.88 Å². The number of aryl methyl sites for hydroxylation is 1. The summed E-state index contributed by atoms with van der Waals surface area (Å²) in [6.07, 6.45) is 4.33. The molecule has 1 fully saturated rings. The van der Waals surface area contributed by atoms with Crippen LogP contribution in [0, 0.1) is 6.92 Å². The molecule has 0 unspecified atom stereocenters. The molecule has 2 aromatic rings. The van der Waals surface area contributed by atoms with Crippen molar-refractivity contribution in [2.75, 3.05) is 13.1 Å². The van der Waals surface area contributed by atoms with E-state index in [-0.39, 0.29) is 5.91 Å². The van der Waals surface area contributed by atoms with Crippen molar-refractivity contribution < 1.29 is 4.79 Å². The van der Waals surface area contributed by atoms with E-state index in [1.807, 2.05) is 35.4 Å². The Hall–Kier alpha value is -1.39. The van der Waals surface area contributed by atoms with Crippen molar-refractivity contribution in [1.29, 1.82) is 0 Å². The number of rotatable bonds is 3. The number of carbonyl (C=O) groups is 1. The molecule has 1 amide bonds. The zero-order valence-corrected chi connectivity index (χ0v) is 14.2. The van der Waals surface area contributed by atoms with Gasteiger partial charge in [0, 0.05) is 35.1 Å². The predicted octanol–water partition coefficient (Wildman–Crippen LogP) is 4.05. The van der Waals surface area contributed by atoms with Crippen LogP contribution in [0.15, 0.2) is 30.5 Å². The van der Waals surface area contributed by atoms with Gasteiger partial charge in [-0.1, -0.05) is 29.8 Å². The van der Waals surface area contributed by atoms with Gasteiger partial charge in [0.1, 0.15) is 0 Å². The number of halogens is 1. The van der Waals surface area contributed by atoms with Gasteiger partial charge < -0.3 is 4.90 Å². The Morgan fingerprint density at radius 3 is 2.73 bits per heavy atom. The topological polar surface area (TPSA) is 33.2 Å². The lowest BCUT2D eigenvalue weighted by atomic mass is 9.97. The minimum absolute atomic E-state index is 0.168. The fourth-order valence-corrected chi connectivity index (χ4v) is 4.00. The predicted molar refractivity (Wildman–Crippen MR) is 90.6 cm³/mol. The maximum absolute atomic E-state index is 12.4. The number of hydrogen-bond donors (Lipinski definition) is 0. The first kappa shape index (κ1) is 15.5. The molecule has 1 aliphatic rings. The van der Waals surface area contributed by atoms with Crippen molar-refractivity contribution in [3.05, 3.63) is 50.9 Å². The molecule has 116 valence electrons. The van der Waals surface area contributed by atoms with Gasteiger partial charge in [0.25, 0.3) is 0 Å². The van der Waals surface area contributed by atoms with Gasteiger partial charge >= 0.3 is 0 Å². The van der Waals surface area contributed by atoms with Gasteiger partial charge in [-0.05, 0) is 31.4 Å². The average molecular weight is 335 g/mol. The van der Waals surface area contributed by atoms with Crippen LogP contribution in [0.25, 0.3) is 0 Å². The summed E-state index contributed by atoms with van der Waals surface area (Å²) in [5, 5.41) is 1.89. The summed E-state index contributed by atoms with van der Waals surface area (Å²) >= 11 is 7.91. The largest absolute Gasteiger partial charge is 0.342 e. The van der Waals surface area contributed by atoms with E-state index in [0.29, 0.717) is 17.4 Å². The standard InChI is InChI=1S/C17H19ClN2OS/c1-12-11-19-17(22-12)13-6-8-20(9-7-13)16(21)10-14-4-2-3-5-15(14)18/h2-5,11,13H,6-10H2,1H3. The molecule has 1 aliphatic heterocycles. The number of carbonyl (C=O) groups excluding carboxylic acids is 1. The van der Waals surface area contributed by atoms with Crippen LogP contribution in [0.3, 0.4) is 0 Å². The molecule has 0 radical (unpaired) electrons. The summed E-state index contributed by atoms with van der Waals surface area (Å²) in [6.45, 7) is 3.71. The molecule has 3 nitrogen and oxygen atoms in total. The lowest BCUT2D eigenvalue weighted by molar-refractivity contribution is -0.131. The summed E-state index contributed by atoms with van der Waals surface area (Å²) in [4.78, 5) is 20.1. The van der Waals surface area contributed by atoms with Crippen LogP contribution in [0.1, 0.15) is 34.2 Å². The maximum atomic E-state index is 12.4. The van der Waals surface area contributed by atoms with Crippen LogP contribution in [0.2, 0.25) is 5.02 Å². The lowest BCUT2D eigenvalue weighted by Gasteiger charge is -2.31. The molecule has 3 rings (SSSR count). The molecule has 2 heterocycles. The van der Waals surface area contributed by atoms with Crippen LogP contribution in [0.4, 0.5) is 0 Å². The number of piperidine rings is 1. The van der Waals surface area contributed by atoms with Gasteiger partial charge in [0.2, 0.25) is 5.91 Å². The second-order valence-corrected chi connectivity index (χ2v) is 7.41. The second-order valence-electron chi connectivity index (χ2n) is 5.73. The third-order valence-corrected chi connectivity index (χ3v) is 5.58. The van der Waals surface area contributed by atoms with E-state index in [9.17, 15) is 4.79 Å². The van der Waals surface area contributed by atoms with Gasteiger partial charge in [-0.3, -0.25) is 4.79 Å². The molecule has 0 saturated carbocycles. The van der Waals surface area contributed by atoms with Crippen molar-refractivity contribution in [2.24, 2.45) is 0 Å². The molecule has 0 N–H and O–H groups in total. The third-order valence-electron chi connectivity index (χ3n) is 4.14. The van der Waals surface area contributed by atoms with E-state index in [0.717, 1.165) is 31.5 Å². The Morgan fingerprint density at radius 1 is 1.36 bits per heavy atom. The minimum atomic E-state index is 0.168. The molecule has 0 bridgehead atoms. The van der Waals surface area contributed by atoms with Crippen LogP contribution >= 0.6 is 22.9 Å². The lowest BCUT2D eigenvalue weighted by Crippen LogP contribution is -2.38. The maximum Gasteiger partial charge on any atom is 0.227 e. The molecule has 5 heteroatoms. The van der Waals surface area contributed by atoms with Crippen LogP contribution < -0.4 is 0 Å². The molecular formula is C17H19ClN2OS. The second kappa shape index (κ2) is 6.80. The monoisotopic (exact) mass is 334 g/mol. The number of amides is 1. The van der Waals surface area contributed by atoms with Crippen molar-refractivity contribution in [2.45, 2.75) is 32.1 Å². The summed E-state index contributed by atoms with van der Waals surface area (Å²) in [6, 6.07) is 7.57. The summed E-state index contributed by atoms with van der Waals surface area (Å²) in [5.41, 5.74) is 0.909. The van der Waals surface area contributed by atoms with Crippen molar-refractivity contribution >= 4 is 28.8 Å². The van der Waals surface area contributed by atoms with E-state index in [1.54, 1.807) is 11.3 Å². The Labute approximate surface area is 139 Å². The molecular weight excluding hydrogens is 316 g/mol. The van der Waals surface area contributed by atoms with E-state index >= 15 is 0 Å². The number of nitrogens with zero attached hydrogens (tertiary/aromatic N) is 2. The molecule has 0 aliphatic carbocycles. The summed E-state index contributed by atoms with van der Waals surface area (Å²) in [5.74, 6) is 0.671. The van der Waals surface area contributed by atoms with Gasteiger partial charge in [-0.2, -0.15) is 0 Å². The van der Waals surface area contributed by atoms with Gasteiger partial charge in [0.15, 0.2) is 0 Å². The molecule has 1 aromatic heterocycles. The Bertz CT molecular complexity index is 662. The fourth-order valence-electron chi connectivity index (χ4n) is 2.85. The first-order valence-corrected chi connectivity index (χ1v) is 8.76. The number of hydrogen-bond acceptors (Lipinski definition) is 3. The fraction of sp³-hybridized carbons (Fsp3) is 0.412. The van der Waals surface area contributed by atoms with Crippen molar-refractivity contribution in [3.8, 4) is 0 Å². The average Bonchev–Trinajstić information content (AvgIpc) is 2.96. The first-order valence-electron chi connectivity index (χ1n) is 7.57. The smallest absolute Gasteiger partial charge is 0.227 e.